The maximum Gasteiger partial charge on any atom is 0.331 e. The summed E-state index contributed by atoms with van der Waals surface area (Å²) < 4.78 is 6.77. The van der Waals surface area contributed by atoms with Crippen molar-refractivity contribution in [2.45, 2.75) is 26.3 Å². The van der Waals surface area contributed by atoms with Gasteiger partial charge in [-0.25, -0.2) is 9.78 Å². The van der Waals surface area contributed by atoms with Gasteiger partial charge in [-0.1, -0.05) is 0 Å². The number of hydrogen-bond acceptors (Lipinski definition) is 6. The molecule has 1 amide bonds. The minimum absolute atomic E-state index is 0.249. The van der Waals surface area contributed by atoms with Crippen LogP contribution in [0.25, 0.3) is 10.8 Å². The molecule has 8 nitrogen and oxygen atoms in total. The summed E-state index contributed by atoms with van der Waals surface area (Å²) in [5.74, 6) is -0.0490. The fraction of sp³-hybridized carbons (Fsp3) is 0.250. The van der Waals surface area contributed by atoms with Gasteiger partial charge in [0.1, 0.15) is 11.5 Å². The number of amides is 1. The quantitative estimate of drug-likeness (QED) is 0.724. The largest absolute Gasteiger partial charge is 0.479 e. The second kappa shape index (κ2) is 6.17. The first kappa shape index (κ1) is 16.9. The number of carboxylic acid groups (broad SMARTS) is 1. The number of hydrogen-bond donors (Lipinski definition) is 2. The van der Waals surface area contributed by atoms with Crippen LogP contribution in [0.4, 0.5) is 5.69 Å². The molecule has 3 heterocycles. The molecule has 0 bridgehead atoms. The van der Waals surface area contributed by atoms with E-state index in [0.717, 1.165) is 5.76 Å². The first-order chi connectivity index (χ1) is 11.8. The summed E-state index contributed by atoms with van der Waals surface area (Å²) in [5, 5.41) is 18.1. The number of thiazole rings is 1. The number of anilines is 1. The van der Waals surface area contributed by atoms with Crippen LogP contribution in [0.3, 0.4) is 0 Å². The van der Waals surface area contributed by atoms with Gasteiger partial charge in [0.05, 0.1) is 11.9 Å². The monoisotopic (exact) mass is 360 g/mol. The number of furan rings is 1. The van der Waals surface area contributed by atoms with Crippen LogP contribution in [0.1, 0.15) is 30.1 Å². The lowest BCUT2D eigenvalue weighted by atomic mass is 10.1. The van der Waals surface area contributed by atoms with Gasteiger partial charge in [-0.05, 0) is 32.9 Å². The highest BCUT2D eigenvalue weighted by molar-refractivity contribution is 7.13. The normalized spacial score (nSPS) is 11.5. The van der Waals surface area contributed by atoms with Gasteiger partial charge in [0.15, 0.2) is 16.3 Å². The number of rotatable bonds is 5. The third-order valence-electron chi connectivity index (χ3n) is 3.62. The Kier molecular flexibility index (Phi) is 4.17. The van der Waals surface area contributed by atoms with E-state index in [9.17, 15) is 14.7 Å². The molecule has 2 N–H and O–H groups in total. The maximum atomic E-state index is 12.3. The molecule has 0 aliphatic rings. The van der Waals surface area contributed by atoms with Crippen molar-refractivity contribution in [3.63, 3.8) is 0 Å². The molecule has 0 spiro atoms. The molecule has 0 aliphatic heterocycles. The molecule has 0 saturated carbocycles. The van der Waals surface area contributed by atoms with Gasteiger partial charge in [0, 0.05) is 11.6 Å². The Bertz CT molecular complexity index is 937. The number of nitrogens with zero attached hydrogens (tertiary/aromatic N) is 3. The summed E-state index contributed by atoms with van der Waals surface area (Å²) in [7, 11) is 0. The molecule has 130 valence electrons. The van der Waals surface area contributed by atoms with Crippen LogP contribution in [0.15, 0.2) is 34.3 Å². The molecule has 0 aliphatic carbocycles. The molecular formula is C16H16N4O4S. The Morgan fingerprint density at radius 3 is 2.76 bits per heavy atom. The van der Waals surface area contributed by atoms with Crippen LogP contribution < -0.4 is 5.32 Å². The maximum absolute atomic E-state index is 12.3. The standard InChI is InChI=1S/C16H16N4O4S/c1-9-4-5-12(24-9)14-19-11(8-25-14)13(21)18-10-6-17-20(7-10)16(2,3)15(22)23/h4-8H,1-3H3,(H,18,21)(H,22,23). The minimum atomic E-state index is -1.21. The van der Waals surface area contributed by atoms with Crippen molar-refractivity contribution in [2.24, 2.45) is 0 Å². The molecule has 3 rings (SSSR count). The van der Waals surface area contributed by atoms with E-state index in [-0.39, 0.29) is 5.69 Å². The van der Waals surface area contributed by atoms with Gasteiger partial charge in [-0.3, -0.25) is 9.48 Å². The lowest BCUT2D eigenvalue weighted by molar-refractivity contribution is -0.146. The smallest absolute Gasteiger partial charge is 0.331 e. The molecule has 0 saturated heterocycles. The van der Waals surface area contributed by atoms with Gasteiger partial charge in [0.2, 0.25) is 0 Å². The van der Waals surface area contributed by atoms with Gasteiger partial charge in [-0.2, -0.15) is 5.10 Å². The van der Waals surface area contributed by atoms with Crippen LogP contribution in [0, 0.1) is 6.92 Å². The fourth-order valence-corrected chi connectivity index (χ4v) is 2.79. The van der Waals surface area contributed by atoms with E-state index in [0.29, 0.717) is 16.5 Å². The summed E-state index contributed by atoms with van der Waals surface area (Å²) in [5.41, 5.74) is -0.574. The first-order valence-corrected chi connectivity index (χ1v) is 8.27. The number of aromatic nitrogens is 3. The average molecular weight is 360 g/mol. The SMILES string of the molecule is Cc1ccc(-c2nc(C(=O)Nc3cnn(C(C)(C)C(=O)O)c3)cs2)o1. The van der Waals surface area contributed by atoms with Gasteiger partial charge >= 0.3 is 5.97 Å². The fourth-order valence-electron chi connectivity index (χ4n) is 2.03. The van der Waals surface area contributed by atoms with Crippen molar-refractivity contribution in [3.05, 3.63) is 41.4 Å². The summed E-state index contributed by atoms with van der Waals surface area (Å²) in [6, 6.07) is 3.63. The second-order valence-corrected chi connectivity index (χ2v) is 6.80. The van der Waals surface area contributed by atoms with Crippen LogP contribution in [-0.2, 0) is 10.3 Å². The van der Waals surface area contributed by atoms with E-state index in [1.807, 2.05) is 13.0 Å². The van der Waals surface area contributed by atoms with E-state index < -0.39 is 17.4 Å². The lowest BCUT2D eigenvalue weighted by Crippen LogP contribution is -2.35. The Morgan fingerprint density at radius 1 is 1.36 bits per heavy atom. The van der Waals surface area contributed by atoms with Gasteiger partial charge in [-0.15, -0.1) is 11.3 Å². The van der Waals surface area contributed by atoms with Crippen LogP contribution in [0.2, 0.25) is 0 Å². The Labute approximate surface area is 147 Å². The van der Waals surface area contributed by atoms with Crippen molar-refractivity contribution in [1.82, 2.24) is 14.8 Å². The molecule has 0 unspecified atom stereocenters. The zero-order chi connectivity index (χ0) is 18.2. The Morgan fingerprint density at radius 2 is 2.12 bits per heavy atom. The van der Waals surface area contributed by atoms with E-state index in [4.69, 9.17) is 4.42 Å². The van der Waals surface area contributed by atoms with E-state index >= 15 is 0 Å². The van der Waals surface area contributed by atoms with Crippen molar-refractivity contribution in [2.75, 3.05) is 5.32 Å². The van der Waals surface area contributed by atoms with E-state index in [1.54, 1.807) is 11.4 Å². The third kappa shape index (κ3) is 3.31. The zero-order valence-corrected chi connectivity index (χ0v) is 14.6. The summed E-state index contributed by atoms with van der Waals surface area (Å²) in [4.78, 5) is 27.8. The number of nitrogens with one attached hydrogen (secondary N) is 1. The molecule has 0 radical (unpaired) electrons. The van der Waals surface area contributed by atoms with Crippen molar-refractivity contribution < 1.29 is 19.1 Å². The molecule has 9 heteroatoms. The van der Waals surface area contributed by atoms with E-state index in [1.165, 1.54) is 42.3 Å². The summed E-state index contributed by atoms with van der Waals surface area (Å²) in [6.45, 7) is 4.87. The highest BCUT2D eigenvalue weighted by atomic mass is 32.1. The van der Waals surface area contributed by atoms with Crippen molar-refractivity contribution in [1.29, 1.82) is 0 Å². The zero-order valence-electron chi connectivity index (χ0n) is 13.8. The third-order valence-corrected chi connectivity index (χ3v) is 4.48. The van der Waals surface area contributed by atoms with Crippen molar-refractivity contribution in [3.8, 4) is 10.8 Å². The number of aliphatic carboxylic acids is 1. The van der Waals surface area contributed by atoms with E-state index in [2.05, 4.69) is 15.4 Å². The molecule has 25 heavy (non-hydrogen) atoms. The second-order valence-electron chi connectivity index (χ2n) is 5.94. The van der Waals surface area contributed by atoms with Crippen LogP contribution in [-0.4, -0.2) is 31.7 Å². The molecule has 0 atom stereocenters. The topological polar surface area (TPSA) is 110 Å². The molecule has 0 aromatic carbocycles. The highest BCUT2D eigenvalue weighted by Gasteiger charge is 2.30. The van der Waals surface area contributed by atoms with Crippen LogP contribution >= 0.6 is 11.3 Å². The molecule has 3 aromatic rings. The number of carbonyl (C=O) groups is 2. The summed E-state index contributed by atoms with van der Waals surface area (Å²) >= 11 is 1.30. The average Bonchev–Trinajstić information content (AvgIpc) is 3.26. The molecular weight excluding hydrogens is 344 g/mol. The summed E-state index contributed by atoms with van der Waals surface area (Å²) in [6.07, 6.45) is 2.86. The molecule has 0 fully saturated rings. The lowest BCUT2D eigenvalue weighted by Gasteiger charge is -2.19. The van der Waals surface area contributed by atoms with Crippen molar-refractivity contribution >= 4 is 28.9 Å². The predicted molar refractivity (Wildman–Crippen MR) is 91.7 cm³/mol. The minimum Gasteiger partial charge on any atom is -0.479 e. The molecule has 3 aromatic heterocycles. The highest BCUT2D eigenvalue weighted by Crippen LogP contribution is 2.26. The van der Waals surface area contributed by atoms with Gasteiger partial charge < -0.3 is 14.8 Å². The number of carbonyl (C=O) groups excluding carboxylic acids is 1. The number of aryl methyl sites for hydroxylation is 1. The Hall–Kier alpha value is -2.94. The predicted octanol–water partition coefficient (Wildman–Crippen LogP) is 2.98. The van der Waals surface area contributed by atoms with Crippen LogP contribution in [0.5, 0.6) is 0 Å². The van der Waals surface area contributed by atoms with Gasteiger partial charge in [0.25, 0.3) is 5.91 Å². The number of carboxylic acids is 1. The Balaban J connectivity index is 1.74. The first-order valence-electron chi connectivity index (χ1n) is 7.39.